The Hall–Kier alpha value is 0.643. The van der Waals surface area contributed by atoms with Gasteiger partial charge in [-0.2, -0.15) is 13.8 Å². The van der Waals surface area contributed by atoms with Gasteiger partial charge in [-0.05, 0) is 14.1 Å². The van der Waals surface area contributed by atoms with Crippen molar-refractivity contribution >= 4 is 8.24 Å². The summed E-state index contributed by atoms with van der Waals surface area (Å²) < 4.78 is 0. The van der Waals surface area contributed by atoms with Crippen molar-refractivity contribution in [3.63, 3.8) is 0 Å². The average Bonchev–Trinajstić information content (AvgIpc) is 1.52. The Morgan fingerprint density at radius 1 is 1.15 bits per heavy atom. The third kappa shape index (κ3) is 66.4. The van der Waals surface area contributed by atoms with Crippen molar-refractivity contribution in [2.24, 2.45) is 0 Å². The van der Waals surface area contributed by atoms with Crippen molar-refractivity contribution in [3.8, 4) is 0 Å². The maximum absolute atomic E-state index is 7.08. The van der Waals surface area contributed by atoms with E-state index >= 15 is 0 Å². The fourth-order valence-electron chi connectivity index (χ4n) is 0.632. The van der Waals surface area contributed by atoms with Crippen molar-refractivity contribution in [3.05, 3.63) is 11.3 Å². The standard InChI is InChI=1S/C6H14N.C3H10NSi.Co/c1-6(2)5-7(3)4;1-5(2,3)4;/h5H2,1-4H3;4H,1-3H3;/q2*-1;+2. The first-order chi connectivity index (χ1) is 5.13. The van der Waals surface area contributed by atoms with E-state index in [0.29, 0.717) is 0 Å². The molecule has 0 fully saturated rings. The minimum atomic E-state index is -1.36. The van der Waals surface area contributed by atoms with E-state index in [1.54, 1.807) is 0 Å². The topological polar surface area (TPSA) is 27.0 Å². The SMILES string of the molecule is C[C-](C)CN(C)C.C[Si](C)(C)[NH-].[Co+2]. The molecule has 2 nitrogen and oxygen atoms in total. The van der Waals surface area contributed by atoms with E-state index in [4.69, 9.17) is 5.40 Å². The van der Waals surface area contributed by atoms with E-state index in [2.05, 4.69) is 32.8 Å². The van der Waals surface area contributed by atoms with Crippen LogP contribution < -0.4 is 0 Å². The monoisotopic (exact) mass is 247 g/mol. The summed E-state index contributed by atoms with van der Waals surface area (Å²) in [7, 11) is 2.79. The second kappa shape index (κ2) is 9.21. The molecule has 0 aliphatic carbocycles. The van der Waals surface area contributed by atoms with Gasteiger partial charge in [0.2, 0.25) is 0 Å². The molecule has 0 aliphatic rings. The Bertz CT molecular complexity index is 88.3. The summed E-state index contributed by atoms with van der Waals surface area (Å²) in [6, 6.07) is 0. The van der Waals surface area contributed by atoms with Crippen LogP contribution in [0.4, 0.5) is 0 Å². The quantitative estimate of drug-likeness (QED) is 0.544. The molecule has 0 bridgehead atoms. The first-order valence-electron chi connectivity index (χ1n) is 4.31. The van der Waals surface area contributed by atoms with E-state index in [1.165, 1.54) is 5.92 Å². The summed E-state index contributed by atoms with van der Waals surface area (Å²) in [5.74, 6) is 1.46. The summed E-state index contributed by atoms with van der Waals surface area (Å²) in [5.41, 5.74) is 0. The Kier molecular flexibility index (Phi) is 13.6. The molecular weight excluding hydrogens is 223 g/mol. The molecule has 0 saturated heterocycles. The van der Waals surface area contributed by atoms with Gasteiger partial charge in [0, 0.05) is 0 Å². The van der Waals surface area contributed by atoms with Gasteiger partial charge in [-0.1, -0.05) is 27.9 Å². The van der Waals surface area contributed by atoms with Gasteiger partial charge in [0.25, 0.3) is 0 Å². The molecule has 0 heterocycles. The van der Waals surface area contributed by atoms with Crippen LogP contribution in [0.2, 0.25) is 19.6 Å². The molecule has 0 aromatic carbocycles. The van der Waals surface area contributed by atoms with Crippen molar-refractivity contribution in [2.75, 3.05) is 20.6 Å². The average molecular weight is 247 g/mol. The van der Waals surface area contributed by atoms with Crippen LogP contribution in [0.15, 0.2) is 0 Å². The van der Waals surface area contributed by atoms with Gasteiger partial charge in [0.15, 0.2) is 0 Å². The zero-order valence-electron chi connectivity index (χ0n) is 9.99. The maximum atomic E-state index is 7.08. The van der Waals surface area contributed by atoms with Crippen molar-refractivity contribution in [1.29, 1.82) is 0 Å². The number of nitrogens with zero attached hydrogens (tertiary/aromatic N) is 1. The second-order valence-electron chi connectivity index (χ2n) is 4.69. The van der Waals surface area contributed by atoms with Crippen LogP contribution in [0.5, 0.6) is 0 Å². The van der Waals surface area contributed by atoms with Gasteiger partial charge in [0.1, 0.15) is 0 Å². The number of nitrogens with one attached hydrogen (secondary N) is 1. The van der Waals surface area contributed by atoms with Crippen LogP contribution in [0.1, 0.15) is 13.8 Å². The molecule has 0 saturated carbocycles. The van der Waals surface area contributed by atoms with Crippen LogP contribution in [0.25, 0.3) is 5.40 Å². The third-order valence-corrected chi connectivity index (χ3v) is 0.632. The summed E-state index contributed by atoms with van der Waals surface area (Å²) >= 11 is 0. The molecule has 4 heteroatoms. The summed E-state index contributed by atoms with van der Waals surface area (Å²) in [6.45, 7) is 11.4. The molecule has 0 aromatic rings. The van der Waals surface area contributed by atoms with Gasteiger partial charge in [-0.15, -0.1) is 6.54 Å². The van der Waals surface area contributed by atoms with Gasteiger partial charge >= 0.3 is 16.8 Å². The zero-order chi connectivity index (χ0) is 10.4. The number of hydrogen-bond donors (Lipinski definition) is 0. The molecule has 0 aliphatic heterocycles. The van der Waals surface area contributed by atoms with Crippen molar-refractivity contribution in [1.82, 2.24) is 4.90 Å². The van der Waals surface area contributed by atoms with Gasteiger partial charge in [-0.25, -0.2) is 0 Å². The zero-order valence-corrected chi connectivity index (χ0v) is 12.0. The third-order valence-electron chi connectivity index (χ3n) is 0.632. The van der Waals surface area contributed by atoms with Gasteiger partial charge in [0.05, 0.1) is 0 Å². The predicted octanol–water partition coefficient (Wildman–Crippen LogP) is 3.03. The predicted molar refractivity (Wildman–Crippen MR) is 60.8 cm³/mol. The van der Waals surface area contributed by atoms with Crippen LogP contribution in [0, 0.1) is 5.92 Å². The summed E-state index contributed by atoms with van der Waals surface area (Å²) in [4.78, 5) is 2.16. The van der Waals surface area contributed by atoms with E-state index in [-0.39, 0.29) is 16.8 Å². The Morgan fingerprint density at radius 3 is 1.38 bits per heavy atom. The number of hydrogen-bond acceptors (Lipinski definition) is 1. The molecule has 1 N–H and O–H groups in total. The molecule has 0 atom stereocenters. The normalized spacial score (nSPS) is 10.6. The Balaban J connectivity index is -0.000000150. The van der Waals surface area contributed by atoms with Crippen LogP contribution in [-0.2, 0) is 16.8 Å². The van der Waals surface area contributed by atoms with E-state index in [9.17, 15) is 0 Å². The smallest absolute Gasteiger partial charge is 0.680 e. The van der Waals surface area contributed by atoms with Crippen molar-refractivity contribution < 1.29 is 16.8 Å². The van der Waals surface area contributed by atoms with Crippen LogP contribution >= 0.6 is 0 Å². The molecule has 0 unspecified atom stereocenters. The van der Waals surface area contributed by atoms with E-state index < -0.39 is 8.24 Å². The van der Waals surface area contributed by atoms with E-state index in [1.807, 2.05) is 19.6 Å². The Labute approximate surface area is 95.5 Å². The maximum Gasteiger partial charge on any atom is 2.00 e. The molecule has 0 aromatic heterocycles. The fraction of sp³-hybridized carbons (Fsp3) is 0.889. The second-order valence-corrected chi connectivity index (χ2v) is 9.19. The molecule has 0 spiro atoms. The van der Waals surface area contributed by atoms with Crippen molar-refractivity contribution in [2.45, 2.75) is 33.5 Å². The minimum absolute atomic E-state index is 0. The summed E-state index contributed by atoms with van der Waals surface area (Å²) in [5, 5.41) is 7.08. The molecular formula is C9H24CoN2Si. The molecule has 13 heavy (non-hydrogen) atoms. The minimum Gasteiger partial charge on any atom is -0.680 e. The summed E-state index contributed by atoms with van der Waals surface area (Å²) in [6.07, 6.45) is 0. The molecule has 0 amide bonds. The fourth-order valence-corrected chi connectivity index (χ4v) is 0.632. The molecule has 1 radical (unpaired) electrons. The van der Waals surface area contributed by atoms with E-state index in [0.717, 1.165) is 6.54 Å². The number of rotatable bonds is 2. The van der Waals surface area contributed by atoms with Gasteiger partial charge < -0.3 is 16.2 Å². The largest absolute Gasteiger partial charge is 2.00 e. The molecule has 83 valence electrons. The van der Waals surface area contributed by atoms with Crippen LogP contribution in [0.3, 0.4) is 0 Å². The van der Waals surface area contributed by atoms with Crippen LogP contribution in [-0.4, -0.2) is 33.8 Å². The van der Waals surface area contributed by atoms with Gasteiger partial charge in [-0.3, -0.25) is 0 Å². The molecule has 0 rings (SSSR count). The first kappa shape index (κ1) is 19.3. The first-order valence-corrected chi connectivity index (χ1v) is 7.81. The Morgan fingerprint density at radius 2 is 1.38 bits per heavy atom.